The molecule has 2 N–H and O–H groups in total. The second-order valence-electron chi connectivity index (χ2n) is 3.36. The smallest absolute Gasteiger partial charge is 0.247 e. The van der Waals surface area contributed by atoms with Gasteiger partial charge in [0.05, 0.1) is 15.1 Å². The second-order valence-corrected chi connectivity index (χ2v) is 8.05. The Kier molecular flexibility index (Phi) is 6.70. The molecule has 0 bridgehead atoms. The highest BCUT2D eigenvalue weighted by atomic mass is 35.5. The Morgan fingerprint density at radius 1 is 1.06 bits per heavy atom. The van der Waals surface area contributed by atoms with Crippen LogP contribution >= 0.6 is 41.4 Å². The lowest BCUT2D eigenvalue weighted by Crippen LogP contribution is -2.25. The lowest BCUT2D eigenvalue weighted by Gasteiger charge is -2.24. The third-order valence-corrected chi connectivity index (χ3v) is 5.87. The third-order valence-electron chi connectivity index (χ3n) is 1.93. The Labute approximate surface area is 127 Å². The van der Waals surface area contributed by atoms with Gasteiger partial charge in [-0.2, -0.15) is 0 Å². The summed E-state index contributed by atoms with van der Waals surface area (Å²) in [6.07, 6.45) is 0. The molecule has 0 amide bonds. The summed E-state index contributed by atoms with van der Waals surface area (Å²) in [6.45, 7) is 2.95. The fourth-order valence-electron chi connectivity index (χ4n) is 1.25. The van der Waals surface area contributed by atoms with Gasteiger partial charge in [0.2, 0.25) is 6.57 Å². The van der Waals surface area contributed by atoms with Crippen LogP contribution in [0.4, 0.5) is 0 Å². The maximum atomic E-state index is 6.06. The van der Waals surface area contributed by atoms with Crippen molar-refractivity contribution in [2.45, 2.75) is 13.8 Å². The first-order chi connectivity index (χ1) is 8.41. The van der Waals surface area contributed by atoms with Crippen molar-refractivity contribution in [3.05, 3.63) is 27.2 Å². The summed E-state index contributed by atoms with van der Waals surface area (Å²) in [5, 5.41) is 7.40. The summed E-state index contributed by atoms with van der Waals surface area (Å²) in [5.74, 6) is 0.427. The molecule has 0 aromatic heterocycles. The van der Waals surface area contributed by atoms with Crippen LogP contribution in [-0.2, 0) is 11.8 Å². The van der Waals surface area contributed by atoms with E-state index < -0.39 is 6.57 Å². The minimum absolute atomic E-state index is 0.380. The molecule has 3 nitrogen and oxygen atoms in total. The first-order valence-electron chi connectivity index (χ1n) is 5.36. The minimum Gasteiger partial charge on any atom is -0.439 e. The predicted octanol–water partition coefficient (Wildman–Crippen LogP) is 4.47. The number of hydrogen-bond donors (Lipinski definition) is 2. The Bertz CT molecular complexity index is 463. The molecule has 102 valence electrons. The summed E-state index contributed by atoms with van der Waals surface area (Å²) >= 11 is 23.3. The Morgan fingerprint density at radius 3 is 2.06 bits per heavy atom. The fourth-order valence-corrected chi connectivity index (χ4v) is 4.40. The molecule has 0 aliphatic carbocycles. The van der Waals surface area contributed by atoms with Crippen LogP contribution in [0, 0.1) is 0 Å². The maximum absolute atomic E-state index is 6.06. The van der Waals surface area contributed by atoms with Gasteiger partial charge in [-0.3, -0.25) is 0 Å². The fraction of sp³-hybridized carbons (Fsp3) is 0.400. The molecule has 0 spiro atoms. The predicted molar refractivity (Wildman–Crippen MR) is 83.7 cm³/mol. The van der Waals surface area contributed by atoms with Crippen molar-refractivity contribution in [1.29, 1.82) is 0 Å². The highest BCUT2D eigenvalue weighted by Crippen LogP contribution is 2.43. The third kappa shape index (κ3) is 4.53. The zero-order chi connectivity index (χ0) is 13.8. The van der Waals surface area contributed by atoms with E-state index >= 15 is 0 Å². The maximum Gasteiger partial charge on any atom is 0.247 e. The molecule has 1 aromatic rings. The molecule has 0 fully saturated rings. The van der Waals surface area contributed by atoms with Gasteiger partial charge < -0.3 is 4.52 Å². The van der Waals surface area contributed by atoms with Gasteiger partial charge in [-0.05, 0) is 17.9 Å². The van der Waals surface area contributed by atoms with E-state index in [1.165, 1.54) is 0 Å². The average Bonchev–Trinajstić information content (AvgIpc) is 2.26. The van der Waals surface area contributed by atoms with Crippen LogP contribution in [0.15, 0.2) is 12.1 Å². The highest BCUT2D eigenvalue weighted by molar-refractivity contribution is 8.10. The number of hydrogen-bond acceptors (Lipinski definition) is 2. The summed E-state index contributed by atoms with van der Waals surface area (Å²) < 4.78 is 5.78. The molecule has 0 aliphatic rings. The molecular weight excluding hydrogens is 334 g/mol. The second kappa shape index (κ2) is 7.30. The van der Waals surface area contributed by atoms with Crippen molar-refractivity contribution in [3.63, 3.8) is 0 Å². The van der Waals surface area contributed by atoms with Crippen molar-refractivity contribution in [2.75, 3.05) is 13.1 Å². The van der Waals surface area contributed by atoms with E-state index in [4.69, 9.17) is 51.1 Å². The van der Waals surface area contributed by atoms with Crippen molar-refractivity contribution < 1.29 is 4.52 Å². The van der Waals surface area contributed by atoms with Gasteiger partial charge in [-0.15, -0.1) is 0 Å². The summed E-state index contributed by atoms with van der Waals surface area (Å²) in [6, 6.07) is 3.11. The van der Waals surface area contributed by atoms with Crippen LogP contribution in [0.1, 0.15) is 13.8 Å². The van der Waals surface area contributed by atoms with E-state index in [2.05, 4.69) is 10.2 Å². The van der Waals surface area contributed by atoms with Crippen LogP contribution in [-0.4, -0.2) is 13.1 Å². The normalized spacial score (nSPS) is 11.6. The molecule has 0 atom stereocenters. The van der Waals surface area contributed by atoms with E-state index in [9.17, 15) is 0 Å². The van der Waals surface area contributed by atoms with Crippen molar-refractivity contribution in [2.24, 2.45) is 0 Å². The van der Waals surface area contributed by atoms with Crippen LogP contribution in [0.3, 0.4) is 0 Å². The summed E-state index contributed by atoms with van der Waals surface area (Å²) in [4.78, 5) is 0. The zero-order valence-corrected chi connectivity index (χ0v) is 13.9. The highest BCUT2D eigenvalue weighted by Gasteiger charge is 2.19. The quantitative estimate of drug-likeness (QED) is 0.587. The molecule has 1 rings (SSSR count). The van der Waals surface area contributed by atoms with Gasteiger partial charge in [0.15, 0.2) is 0 Å². The number of rotatable bonds is 6. The number of benzene rings is 1. The molecule has 0 radical (unpaired) electrons. The molecule has 0 saturated heterocycles. The van der Waals surface area contributed by atoms with Crippen LogP contribution in [0.25, 0.3) is 0 Å². The van der Waals surface area contributed by atoms with Gasteiger partial charge in [0.1, 0.15) is 5.75 Å². The molecule has 0 unspecified atom stereocenters. The number of nitrogens with one attached hydrogen (secondary N) is 2. The van der Waals surface area contributed by atoms with Gasteiger partial charge >= 0.3 is 0 Å². The molecule has 0 aliphatic heterocycles. The average molecular weight is 348 g/mol. The van der Waals surface area contributed by atoms with E-state index in [1.54, 1.807) is 12.1 Å². The van der Waals surface area contributed by atoms with Gasteiger partial charge in [0, 0.05) is 19.2 Å². The van der Waals surface area contributed by atoms with Crippen LogP contribution in [0.5, 0.6) is 5.75 Å². The number of halogens is 3. The summed E-state index contributed by atoms with van der Waals surface area (Å²) in [5.41, 5.74) is 0. The lowest BCUT2D eigenvalue weighted by atomic mass is 10.3. The molecule has 8 heteroatoms. The standard InChI is InChI=1S/C10H14Cl3N2OPS/c1-3-14-17(18,15-4-2)16-10-6-8(12)7(11)5-9(10)13/h5-6H,3-4H2,1-2H3,(H2,14,15,18). The van der Waals surface area contributed by atoms with Gasteiger partial charge in [-0.1, -0.05) is 48.7 Å². The van der Waals surface area contributed by atoms with E-state index in [1.807, 2.05) is 13.8 Å². The Hall–Kier alpha value is 0.460. The lowest BCUT2D eigenvalue weighted by molar-refractivity contribution is 0.582. The molecule has 18 heavy (non-hydrogen) atoms. The SMILES string of the molecule is CCNP(=S)(NCC)Oc1cc(Cl)c(Cl)cc1Cl. The molecule has 0 heterocycles. The molecule has 1 aromatic carbocycles. The zero-order valence-electron chi connectivity index (χ0n) is 9.97. The van der Waals surface area contributed by atoms with E-state index in [0.717, 1.165) is 0 Å². The Balaban J connectivity index is 3.01. The summed E-state index contributed by atoms with van der Waals surface area (Å²) in [7, 11) is 0. The monoisotopic (exact) mass is 346 g/mol. The largest absolute Gasteiger partial charge is 0.439 e. The van der Waals surface area contributed by atoms with E-state index in [-0.39, 0.29) is 0 Å². The van der Waals surface area contributed by atoms with Crippen LogP contribution in [0.2, 0.25) is 15.1 Å². The van der Waals surface area contributed by atoms with Gasteiger partial charge in [-0.25, -0.2) is 10.2 Å². The Morgan fingerprint density at radius 2 is 1.56 bits per heavy atom. The molecular formula is C10H14Cl3N2OPS. The van der Waals surface area contributed by atoms with Crippen molar-refractivity contribution in [3.8, 4) is 5.75 Å². The van der Waals surface area contributed by atoms with Crippen molar-refractivity contribution >= 4 is 53.2 Å². The first kappa shape index (κ1) is 16.5. The minimum atomic E-state index is -2.36. The van der Waals surface area contributed by atoms with Gasteiger partial charge in [0.25, 0.3) is 0 Å². The molecule has 0 saturated carbocycles. The van der Waals surface area contributed by atoms with E-state index in [0.29, 0.717) is 33.9 Å². The van der Waals surface area contributed by atoms with Crippen LogP contribution < -0.4 is 14.7 Å². The van der Waals surface area contributed by atoms with Crippen molar-refractivity contribution in [1.82, 2.24) is 10.2 Å². The first-order valence-corrected chi connectivity index (χ1v) is 9.21. The topological polar surface area (TPSA) is 33.3 Å².